The number of aliphatic hydroxyl groups is 1. The molecule has 2 unspecified atom stereocenters. The number of aromatic amines is 1. The molecule has 2 aliphatic heterocycles. The second kappa shape index (κ2) is 10.0. The molecule has 1 aromatic heterocycles. The van der Waals surface area contributed by atoms with Crippen LogP contribution in [0, 0.1) is 19.7 Å². The zero-order chi connectivity index (χ0) is 25.3. The van der Waals surface area contributed by atoms with E-state index in [1.807, 2.05) is 0 Å². The standard InChI is InChI=1S/C25H29FN4O5/c1-4-35-21(25(34)30-8-7-16(31)12-30)11-27-24(33)22-13(2)20(28-14(22)3)10-18-17-9-15(26)5-6-19(17)29-23(18)32/h5-6,9-10,16,21,28,31H,4,7-8,11-12H2,1-3H3,(H,27,33)(H,29,32)/b18-10-. The van der Waals surface area contributed by atoms with Crippen LogP contribution in [0.25, 0.3) is 11.6 Å². The molecule has 1 fully saturated rings. The van der Waals surface area contributed by atoms with Crippen molar-refractivity contribution in [3.8, 4) is 0 Å². The van der Waals surface area contributed by atoms with E-state index in [1.165, 1.54) is 18.2 Å². The molecule has 3 heterocycles. The lowest BCUT2D eigenvalue weighted by atomic mass is 10.0. The van der Waals surface area contributed by atoms with Gasteiger partial charge in [-0.3, -0.25) is 14.4 Å². The van der Waals surface area contributed by atoms with E-state index in [1.54, 1.807) is 31.7 Å². The number of β-amino-alcohol motifs (C(OH)–C–C–N with tert-alkyl or cyclic N) is 1. The van der Waals surface area contributed by atoms with Gasteiger partial charge in [-0.25, -0.2) is 4.39 Å². The van der Waals surface area contributed by atoms with Crippen molar-refractivity contribution >= 4 is 35.1 Å². The topological polar surface area (TPSA) is 124 Å². The molecule has 4 N–H and O–H groups in total. The van der Waals surface area contributed by atoms with Gasteiger partial charge in [0, 0.05) is 42.3 Å². The number of anilines is 1. The molecule has 10 heteroatoms. The Bertz CT molecular complexity index is 1200. The summed E-state index contributed by atoms with van der Waals surface area (Å²) in [4.78, 5) is 42.9. The van der Waals surface area contributed by atoms with Crippen LogP contribution in [-0.4, -0.2) is 71.2 Å². The van der Waals surface area contributed by atoms with Crippen molar-refractivity contribution in [1.82, 2.24) is 15.2 Å². The number of nitrogens with one attached hydrogen (secondary N) is 3. The van der Waals surface area contributed by atoms with E-state index in [2.05, 4.69) is 15.6 Å². The number of hydrogen-bond donors (Lipinski definition) is 4. The van der Waals surface area contributed by atoms with Gasteiger partial charge in [-0.15, -0.1) is 0 Å². The van der Waals surface area contributed by atoms with Gasteiger partial charge in [0.05, 0.1) is 23.8 Å². The van der Waals surface area contributed by atoms with Gasteiger partial charge in [-0.05, 0) is 57.0 Å². The molecule has 2 aromatic rings. The smallest absolute Gasteiger partial charge is 0.256 e. The summed E-state index contributed by atoms with van der Waals surface area (Å²) in [5.41, 5.74) is 3.44. The van der Waals surface area contributed by atoms with Gasteiger partial charge in [0.25, 0.3) is 17.7 Å². The second-order valence-corrected chi connectivity index (χ2v) is 8.75. The van der Waals surface area contributed by atoms with Crippen LogP contribution in [0.2, 0.25) is 0 Å². The SMILES string of the molecule is CCOC(CNC(=O)c1c(C)[nH]c(/C=C2\C(=O)Nc3ccc(F)cc32)c1C)C(=O)N1CCC(O)C1. The first-order valence-electron chi connectivity index (χ1n) is 11.6. The number of benzene rings is 1. The molecule has 0 saturated carbocycles. The number of carbonyl (C=O) groups excluding carboxylic acids is 3. The molecule has 2 atom stereocenters. The Kier molecular flexibility index (Phi) is 7.04. The highest BCUT2D eigenvalue weighted by atomic mass is 19.1. The van der Waals surface area contributed by atoms with Crippen LogP contribution in [0.4, 0.5) is 10.1 Å². The van der Waals surface area contributed by atoms with Crippen LogP contribution in [0.15, 0.2) is 18.2 Å². The van der Waals surface area contributed by atoms with E-state index >= 15 is 0 Å². The Hall–Kier alpha value is -3.50. The van der Waals surface area contributed by atoms with Gasteiger partial charge >= 0.3 is 0 Å². The monoisotopic (exact) mass is 484 g/mol. The Labute approximate surface area is 202 Å². The van der Waals surface area contributed by atoms with Crippen molar-refractivity contribution in [2.45, 2.75) is 39.4 Å². The number of nitrogens with zero attached hydrogens (tertiary/aromatic N) is 1. The predicted molar refractivity (Wildman–Crippen MR) is 128 cm³/mol. The molecule has 3 amide bonds. The van der Waals surface area contributed by atoms with Crippen molar-refractivity contribution in [1.29, 1.82) is 0 Å². The lowest BCUT2D eigenvalue weighted by Crippen LogP contribution is -2.46. The van der Waals surface area contributed by atoms with E-state index in [9.17, 15) is 23.9 Å². The van der Waals surface area contributed by atoms with Crippen LogP contribution in [0.1, 0.15) is 46.2 Å². The van der Waals surface area contributed by atoms with Crippen LogP contribution < -0.4 is 10.6 Å². The van der Waals surface area contributed by atoms with E-state index in [0.717, 1.165) is 0 Å². The number of fused-ring (bicyclic) bond motifs is 1. The van der Waals surface area contributed by atoms with Gasteiger partial charge in [-0.2, -0.15) is 0 Å². The van der Waals surface area contributed by atoms with E-state index < -0.39 is 18.0 Å². The maximum atomic E-state index is 13.8. The van der Waals surface area contributed by atoms with E-state index in [-0.39, 0.29) is 30.8 Å². The number of halogens is 1. The second-order valence-electron chi connectivity index (χ2n) is 8.75. The molecule has 0 bridgehead atoms. The predicted octanol–water partition coefficient (Wildman–Crippen LogP) is 1.99. The number of carbonyl (C=O) groups is 3. The largest absolute Gasteiger partial charge is 0.391 e. The normalized spacial score (nSPS) is 19.1. The van der Waals surface area contributed by atoms with Crippen LogP contribution in [0.5, 0.6) is 0 Å². The van der Waals surface area contributed by atoms with Gasteiger partial charge in [0.2, 0.25) is 0 Å². The summed E-state index contributed by atoms with van der Waals surface area (Å²) in [6, 6.07) is 4.08. The average molecular weight is 485 g/mol. The van der Waals surface area contributed by atoms with Crippen LogP contribution >= 0.6 is 0 Å². The molecule has 1 saturated heterocycles. The lowest BCUT2D eigenvalue weighted by Gasteiger charge is -2.23. The Balaban J connectivity index is 1.51. The van der Waals surface area contributed by atoms with Crippen molar-refractivity contribution in [2.75, 3.05) is 31.6 Å². The summed E-state index contributed by atoms with van der Waals surface area (Å²) in [6.07, 6.45) is 0.722. The Morgan fingerprint density at radius 1 is 1.37 bits per heavy atom. The van der Waals surface area contributed by atoms with Crippen molar-refractivity contribution in [3.05, 3.63) is 52.1 Å². The van der Waals surface area contributed by atoms with Gasteiger partial charge in [-0.1, -0.05) is 0 Å². The molecule has 1 aromatic carbocycles. The minimum atomic E-state index is -0.857. The van der Waals surface area contributed by atoms with Gasteiger partial charge < -0.3 is 30.4 Å². The number of ether oxygens (including phenoxy) is 1. The highest BCUT2D eigenvalue weighted by Gasteiger charge is 2.31. The molecule has 0 radical (unpaired) electrons. The summed E-state index contributed by atoms with van der Waals surface area (Å²) < 4.78 is 19.3. The molecule has 9 nitrogen and oxygen atoms in total. The minimum Gasteiger partial charge on any atom is -0.391 e. The van der Waals surface area contributed by atoms with Crippen molar-refractivity contribution in [3.63, 3.8) is 0 Å². The van der Waals surface area contributed by atoms with Crippen molar-refractivity contribution in [2.24, 2.45) is 0 Å². The number of aromatic nitrogens is 1. The Morgan fingerprint density at radius 3 is 2.83 bits per heavy atom. The van der Waals surface area contributed by atoms with Crippen molar-refractivity contribution < 1.29 is 28.6 Å². The quantitative estimate of drug-likeness (QED) is 0.448. The maximum Gasteiger partial charge on any atom is 0.256 e. The fourth-order valence-electron chi connectivity index (χ4n) is 4.55. The fraction of sp³-hybridized carbons (Fsp3) is 0.400. The summed E-state index contributed by atoms with van der Waals surface area (Å²) in [7, 11) is 0. The van der Waals surface area contributed by atoms with Crippen LogP contribution in [-0.2, 0) is 14.3 Å². The lowest BCUT2D eigenvalue weighted by molar-refractivity contribution is -0.142. The summed E-state index contributed by atoms with van der Waals surface area (Å²) in [5.74, 6) is -1.46. The van der Waals surface area contributed by atoms with Gasteiger partial charge in [0.15, 0.2) is 6.10 Å². The van der Waals surface area contributed by atoms with E-state index in [0.29, 0.717) is 58.9 Å². The number of rotatable bonds is 7. The molecule has 2 aliphatic rings. The third-order valence-electron chi connectivity index (χ3n) is 6.32. The minimum absolute atomic E-state index is 0.0202. The first-order valence-corrected chi connectivity index (χ1v) is 11.6. The highest BCUT2D eigenvalue weighted by Crippen LogP contribution is 2.34. The highest BCUT2D eigenvalue weighted by molar-refractivity contribution is 6.34. The summed E-state index contributed by atoms with van der Waals surface area (Å²) in [6.45, 7) is 6.24. The molecular formula is C25H29FN4O5. The van der Waals surface area contributed by atoms with Crippen LogP contribution in [0.3, 0.4) is 0 Å². The number of aryl methyl sites for hydroxylation is 1. The average Bonchev–Trinajstić information content (AvgIpc) is 3.46. The zero-order valence-electron chi connectivity index (χ0n) is 19.9. The Morgan fingerprint density at radius 2 is 2.14 bits per heavy atom. The summed E-state index contributed by atoms with van der Waals surface area (Å²) >= 11 is 0. The third-order valence-corrected chi connectivity index (χ3v) is 6.32. The summed E-state index contributed by atoms with van der Waals surface area (Å²) in [5, 5.41) is 15.2. The number of hydrogen-bond acceptors (Lipinski definition) is 5. The molecular weight excluding hydrogens is 455 g/mol. The first kappa shape index (κ1) is 24.6. The molecule has 35 heavy (non-hydrogen) atoms. The number of likely N-dealkylation sites (tertiary alicyclic amines) is 1. The fourth-order valence-corrected chi connectivity index (χ4v) is 4.55. The molecule has 0 aliphatic carbocycles. The number of H-pyrrole nitrogens is 1. The van der Waals surface area contributed by atoms with E-state index in [4.69, 9.17) is 4.74 Å². The maximum absolute atomic E-state index is 13.8. The number of aliphatic hydroxyl groups excluding tert-OH is 1. The molecule has 186 valence electrons. The molecule has 4 rings (SSSR count). The first-order chi connectivity index (χ1) is 16.7. The number of amides is 3. The van der Waals surface area contributed by atoms with Gasteiger partial charge in [0.1, 0.15) is 5.82 Å². The third kappa shape index (κ3) is 4.98. The zero-order valence-corrected chi connectivity index (χ0v) is 19.9. The molecule has 0 spiro atoms.